The van der Waals surface area contributed by atoms with Crippen LogP contribution in [0.2, 0.25) is 0 Å². The van der Waals surface area contributed by atoms with Gasteiger partial charge in [0.1, 0.15) is 11.6 Å². The van der Waals surface area contributed by atoms with Gasteiger partial charge in [-0.1, -0.05) is 18.2 Å². The van der Waals surface area contributed by atoms with E-state index in [1.54, 1.807) is 47.8 Å². The predicted octanol–water partition coefficient (Wildman–Crippen LogP) is 3.87. The Balaban J connectivity index is 1.58. The van der Waals surface area contributed by atoms with Gasteiger partial charge in [-0.3, -0.25) is 4.79 Å². The normalized spacial score (nSPS) is 10.7. The van der Waals surface area contributed by atoms with E-state index in [1.165, 1.54) is 35.8 Å². The van der Waals surface area contributed by atoms with Crippen molar-refractivity contribution in [2.75, 3.05) is 0 Å². The molecular formula is C19H13FN2O3S. The van der Waals surface area contributed by atoms with Crippen molar-refractivity contribution in [3.05, 3.63) is 87.9 Å². The SMILES string of the molecule is O=C(N/N=C/c1ccc(OC(=O)c2ccccc2F)cc1)c1cccs1. The first-order chi connectivity index (χ1) is 12.6. The minimum Gasteiger partial charge on any atom is -0.423 e. The van der Waals surface area contributed by atoms with Crippen molar-refractivity contribution < 1.29 is 18.7 Å². The summed E-state index contributed by atoms with van der Waals surface area (Å²) in [6.07, 6.45) is 1.47. The molecule has 5 nitrogen and oxygen atoms in total. The van der Waals surface area contributed by atoms with Gasteiger partial charge in [0.15, 0.2) is 0 Å². The molecule has 1 heterocycles. The maximum Gasteiger partial charge on any atom is 0.346 e. The van der Waals surface area contributed by atoms with Crippen LogP contribution in [0.4, 0.5) is 4.39 Å². The minimum atomic E-state index is -0.771. The summed E-state index contributed by atoms with van der Waals surface area (Å²) >= 11 is 1.32. The van der Waals surface area contributed by atoms with Gasteiger partial charge < -0.3 is 4.74 Å². The molecular weight excluding hydrogens is 355 g/mol. The Morgan fingerprint density at radius 3 is 2.50 bits per heavy atom. The van der Waals surface area contributed by atoms with Crippen molar-refractivity contribution in [3.63, 3.8) is 0 Å². The number of carbonyl (C=O) groups is 2. The van der Waals surface area contributed by atoms with Gasteiger partial charge in [-0.05, 0) is 53.4 Å². The van der Waals surface area contributed by atoms with Crippen molar-refractivity contribution in [2.24, 2.45) is 5.10 Å². The molecule has 0 atom stereocenters. The number of hydrogen-bond donors (Lipinski definition) is 1. The first-order valence-electron chi connectivity index (χ1n) is 7.57. The van der Waals surface area contributed by atoms with E-state index < -0.39 is 11.8 Å². The number of carbonyl (C=O) groups excluding carboxylic acids is 2. The van der Waals surface area contributed by atoms with Gasteiger partial charge in [-0.2, -0.15) is 5.10 Å². The van der Waals surface area contributed by atoms with E-state index in [1.807, 2.05) is 0 Å². The van der Waals surface area contributed by atoms with Crippen LogP contribution in [-0.2, 0) is 0 Å². The lowest BCUT2D eigenvalue weighted by molar-refractivity contribution is 0.0729. The van der Waals surface area contributed by atoms with E-state index >= 15 is 0 Å². The molecule has 0 aliphatic rings. The fraction of sp³-hybridized carbons (Fsp3) is 0. The van der Waals surface area contributed by atoms with Gasteiger partial charge in [0.2, 0.25) is 0 Å². The Morgan fingerprint density at radius 1 is 1.04 bits per heavy atom. The number of hydrazone groups is 1. The first-order valence-corrected chi connectivity index (χ1v) is 8.45. The van der Waals surface area contributed by atoms with Crippen LogP contribution in [0, 0.1) is 5.82 Å². The summed E-state index contributed by atoms with van der Waals surface area (Å²) in [6, 6.07) is 15.5. The summed E-state index contributed by atoms with van der Waals surface area (Å²) < 4.78 is 18.7. The van der Waals surface area contributed by atoms with Crippen LogP contribution in [0.1, 0.15) is 25.6 Å². The summed E-state index contributed by atoms with van der Waals surface area (Å²) in [5.74, 6) is -1.42. The molecule has 26 heavy (non-hydrogen) atoms. The quantitative estimate of drug-likeness (QED) is 0.322. The van der Waals surface area contributed by atoms with E-state index in [0.717, 1.165) is 0 Å². The van der Waals surface area contributed by atoms with Crippen molar-refractivity contribution in [1.29, 1.82) is 0 Å². The predicted molar refractivity (Wildman–Crippen MR) is 97.2 cm³/mol. The van der Waals surface area contributed by atoms with Gasteiger partial charge >= 0.3 is 5.97 Å². The molecule has 0 saturated heterocycles. The molecule has 1 aromatic heterocycles. The molecule has 7 heteroatoms. The molecule has 2 aromatic carbocycles. The molecule has 1 N–H and O–H groups in total. The lowest BCUT2D eigenvalue weighted by Gasteiger charge is -2.05. The molecule has 0 aliphatic carbocycles. The highest BCUT2D eigenvalue weighted by atomic mass is 32.1. The van der Waals surface area contributed by atoms with E-state index in [0.29, 0.717) is 10.4 Å². The lowest BCUT2D eigenvalue weighted by atomic mass is 10.2. The summed E-state index contributed by atoms with van der Waals surface area (Å²) in [7, 11) is 0. The Kier molecular flexibility index (Phi) is 5.50. The van der Waals surface area contributed by atoms with Gasteiger partial charge in [0.25, 0.3) is 5.91 Å². The fourth-order valence-electron chi connectivity index (χ4n) is 2.04. The first kappa shape index (κ1) is 17.5. The zero-order valence-electron chi connectivity index (χ0n) is 13.4. The molecule has 1 amide bonds. The molecule has 0 fully saturated rings. The van der Waals surface area contributed by atoms with Crippen LogP contribution in [0.25, 0.3) is 0 Å². The van der Waals surface area contributed by atoms with Crippen LogP contribution in [0.5, 0.6) is 5.75 Å². The van der Waals surface area contributed by atoms with Crippen LogP contribution in [0.3, 0.4) is 0 Å². The molecule has 0 spiro atoms. The van der Waals surface area contributed by atoms with E-state index in [-0.39, 0.29) is 17.2 Å². The zero-order valence-corrected chi connectivity index (χ0v) is 14.2. The van der Waals surface area contributed by atoms with Crippen molar-refractivity contribution in [2.45, 2.75) is 0 Å². The number of amides is 1. The molecule has 0 bridgehead atoms. The molecule has 0 saturated carbocycles. The molecule has 130 valence electrons. The van der Waals surface area contributed by atoms with Crippen molar-refractivity contribution in [1.82, 2.24) is 5.43 Å². The third kappa shape index (κ3) is 4.40. The van der Waals surface area contributed by atoms with E-state index in [2.05, 4.69) is 10.5 Å². The number of halogens is 1. The zero-order chi connectivity index (χ0) is 18.4. The number of esters is 1. The highest BCUT2D eigenvalue weighted by Gasteiger charge is 2.13. The smallest absolute Gasteiger partial charge is 0.346 e. The Bertz CT molecular complexity index is 938. The maximum absolute atomic E-state index is 13.6. The van der Waals surface area contributed by atoms with Crippen LogP contribution < -0.4 is 10.2 Å². The summed E-state index contributed by atoms with van der Waals surface area (Å²) in [5, 5.41) is 5.68. The molecule has 3 rings (SSSR count). The number of ether oxygens (including phenoxy) is 1. The van der Waals surface area contributed by atoms with E-state index in [9.17, 15) is 14.0 Å². The number of hydrogen-bond acceptors (Lipinski definition) is 5. The maximum atomic E-state index is 13.6. The number of nitrogens with zero attached hydrogens (tertiary/aromatic N) is 1. The third-order valence-electron chi connectivity index (χ3n) is 3.31. The Hall–Kier alpha value is -3.32. The van der Waals surface area contributed by atoms with Gasteiger partial charge in [0, 0.05) is 0 Å². The fourth-order valence-corrected chi connectivity index (χ4v) is 2.65. The number of benzene rings is 2. The average Bonchev–Trinajstić information content (AvgIpc) is 3.18. The molecule has 0 unspecified atom stereocenters. The highest BCUT2D eigenvalue weighted by Crippen LogP contribution is 2.15. The molecule has 0 aliphatic heterocycles. The summed E-state index contributed by atoms with van der Waals surface area (Å²) in [5.41, 5.74) is 2.99. The lowest BCUT2D eigenvalue weighted by Crippen LogP contribution is -2.16. The summed E-state index contributed by atoms with van der Waals surface area (Å²) in [6.45, 7) is 0. The van der Waals surface area contributed by atoms with Gasteiger partial charge in [-0.25, -0.2) is 14.6 Å². The van der Waals surface area contributed by atoms with Crippen LogP contribution >= 0.6 is 11.3 Å². The highest BCUT2D eigenvalue weighted by molar-refractivity contribution is 7.12. The summed E-state index contributed by atoms with van der Waals surface area (Å²) in [4.78, 5) is 24.2. The molecule has 3 aromatic rings. The molecule has 0 radical (unpaired) electrons. The van der Waals surface area contributed by atoms with Crippen LogP contribution in [0.15, 0.2) is 71.1 Å². The van der Waals surface area contributed by atoms with Crippen molar-refractivity contribution >= 4 is 29.4 Å². The van der Waals surface area contributed by atoms with Gasteiger partial charge in [0.05, 0.1) is 16.7 Å². The third-order valence-corrected chi connectivity index (χ3v) is 4.18. The van der Waals surface area contributed by atoms with Crippen molar-refractivity contribution in [3.8, 4) is 5.75 Å². The van der Waals surface area contributed by atoms with Gasteiger partial charge in [-0.15, -0.1) is 11.3 Å². The average molecular weight is 368 g/mol. The second-order valence-corrected chi connectivity index (χ2v) is 6.06. The largest absolute Gasteiger partial charge is 0.423 e. The number of thiophene rings is 1. The second-order valence-electron chi connectivity index (χ2n) is 5.11. The van der Waals surface area contributed by atoms with E-state index in [4.69, 9.17) is 4.74 Å². The monoisotopic (exact) mass is 368 g/mol. The Labute approximate surface area is 152 Å². The Morgan fingerprint density at radius 2 is 1.81 bits per heavy atom. The number of nitrogens with one attached hydrogen (secondary N) is 1. The number of rotatable bonds is 5. The topological polar surface area (TPSA) is 67.8 Å². The standard InChI is InChI=1S/C19H13FN2O3S/c20-16-5-2-1-4-15(16)19(24)25-14-9-7-13(8-10-14)12-21-22-18(23)17-6-3-11-26-17/h1-12H,(H,22,23)/b21-12+. The second kappa shape index (κ2) is 8.17. The van der Waals surface area contributed by atoms with Crippen LogP contribution in [-0.4, -0.2) is 18.1 Å². The minimum absolute atomic E-state index is 0.130.